The molecule has 0 N–H and O–H groups in total. The Morgan fingerprint density at radius 2 is 1.57 bits per heavy atom. The number of amidine groups is 1. The van der Waals surface area contributed by atoms with Crippen molar-refractivity contribution in [3.8, 4) is 0 Å². The zero-order chi connectivity index (χ0) is 11.1. The van der Waals surface area contributed by atoms with E-state index in [9.17, 15) is 9.59 Å². The predicted molar refractivity (Wildman–Crippen MR) is 56.7 cm³/mol. The Labute approximate surface area is 84.5 Å². The molecule has 0 aromatic carbocycles. The smallest absolute Gasteiger partial charge is 0.302 e. The second kappa shape index (κ2) is 3.20. The maximum atomic E-state index is 11.6. The molecule has 1 rings (SSSR count). The van der Waals surface area contributed by atoms with E-state index in [0.717, 1.165) is 4.90 Å². The molecule has 0 aromatic heterocycles. The van der Waals surface area contributed by atoms with Crippen LogP contribution >= 0.6 is 0 Å². The fourth-order valence-corrected chi connectivity index (χ4v) is 2.02. The highest BCUT2D eigenvalue weighted by Gasteiger charge is 2.38. The van der Waals surface area contributed by atoms with Gasteiger partial charge in [-0.25, -0.2) is 4.79 Å². The van der Waals surface area contributed by atoms with Crippen LogP contribution in [0.1, 0.15) is 0 Å². The summed E-state index contributed by atoms with van der Waals surface area (Å²) in [6, 6.07) is -0.313. The summed E-state index contributed by atoms with van der Waals surface area (Å²) >= 11 is 0. The number of imide groups is 1. The van der Waals surface area contributed by atoms with Crippen LogP contribution in [-0.4, -0.2) is 49.9 Å². The van der Waals surface area contributed by atoms with Crippen LogP contribution in [0.15, 0.2) is 4.66 Å². The first-order valence-corrected chi connectivity index (χ1v) is 7.84. The van der Waals surface area contributed by atoms with E-state index >= 15 is 0 Å². The number of urea groups is 1. The second-order valence-corrected chi connectivity index (χ2v) is 8.88. The van der Waals surface area contributed by atoms with Crippen LogP contribution in [0.2, 0.25) is 19.6 Å². The lowest BCUT2D eigenvalue weighted by Gasteiger charge is -2.12. The fraction of sp³-hybridized carbons (Fsp3) is 0.625. The molecule has 5 nitrogen and oxygen atoms in total. The minimum Gasteiger partial charge on any atom is -0.302 e. The van der Waals surface area contributed by atoms with Crippen LogP contribution in [0.4, 0.5) is 4.79 Å². The van der Waals surface area contributed by atoms with E-state index in [1.165, 1.54) is 11.9 Å². The summed E-state index contributed by atoms with van der Waals surface area (Å²) < 4.78 is 4.34. The normalized spacial score (nSPS) is 21.4. The van der Waals surface area contributed by atoms with Crippen molar-refractivity contribution in [2.24, 2.45) is 4.66 Å². The molecule has 0 aliphatic carbocycles. The van der Waals surface area contributed by atoms with Crippen molar-refractivity contribution in [3.63, 3.8) is 0 Å². The highest BCUT2D eigenvalue weighted by molar-refractivity contribution is 6.77. The van der Waals surface area contributed by atoms with Gasteiger partial charge in [0.1, 0.15) is 0 Å². The van der Waals surface area contributed by atoms with E-state index in [1.807, 2.05) is 19.6 Å². The molecule has 0 saturated carbocycles. The predicted octanol–water partition coefficient (Wildman–Crippen LogP) is 0.744. The molecule has 3 amide bonds. The first kappa shape index (κ1) is 10.9. The molecule has 0 spiro atoms. The average Bonchev–Trinajstić information content (AvgIpc) is 2.20. The van der Waals surface area contributed by atoms with E-state index < -0.39 is 8.24 Å². The highest BCUT2D eigenvalue weighted by Crippen LogP contribution is 2.12. The summed E-state index contributed by atoms with van der Waals surface area (Å²) in [6.45, 7) is 6.05. The number of carbonyl (C=O) groups is 2. The van der Waals surface area contributed by atoms with Crippen molar-refractivity contribution in [2.75, 3.05) is 14.1 Å². The van der Waals surface area contributed by atoms with Gasteiger partial charge in [0.15, 0.2) is 14.1 Å². The van der Waals surface area contributed by atoms with Crippen molar-refractivity contribution in [3.05, 3.63) is 0 Å². The number of hydrogen-bond acceptors (Lipinski definition) is 3. The van der Waals surface area contributed by atoms with Gasteiger partial charge in [-0.3, -0.25) is 14.6 Å². The molecule has 0 atom stereocenters. The van der Waals surface area contributed by atoms with Crippen LogP contribution in [0.3, 0.4) is 0 Å². The molecule has 78 valence electrons. The highest BCUT2D eigenvalue weighted by atomic mass is 28.3. The maximum absolute atomic E-state index is 11.6. The molecule has 0 unspecified atom stereocenters. The van der Waals surface area contributed by atoms with E-state index in [4.69, 9.17) is 0 Å². The van der Waals surface area contributed by atoms with Gasteiger partial charge in [0, 0.05) is 14.1 Å². The van der Waals surface area contributed by atoms with Gasteiger partial charge in [-0.15, -0.1) is 0 Å². The topological polar surface area (TPSA) is 53.0 Å². The van der Waals surface area contributed by atoms with Gasteiger partial charge in [-0.05, 0) is 19.6 Å². The lowest BCUT2D eigenvalue weighted by atomic mass is 10.5. The second-order valence-electron chi connectivity index (χ2n) is 4.31. The van der Waals surface area contributed by atoms with Crippen LogP contribution in [0, 0.1) is 0 Å². The summed E-state index contributed by atoms with van der Waals surface area (Å²) in [5.41, 5.74) is 0. The van der Waals surface area contributed by atoms with Crippen molar-refractivity contribution >= 4 is 26.0 Å². The number of rotatable bonds is 1. The molecule has 0 bridgehead atoms. The van der Waals surface area contributed by atoms with Crippen molar-refractivity contribution in [2.45, 2.75) is 19.6 Å². The number of likely N-dealkylation sites (N-methyl/N-ethyl adjacent to an activating group) is 2. The molecule has 1 saturated heterocycles. The third kappa shape index (κ3) is 1.84. The van der Waals surface area contributed by atoms with E-state index in [-0.39, 0.29) is 17.8 Å². The van der Waals surface area contributed by atoms with Gasteiger partial charge in [0.2, 0.25) is 0 Å². The molecule has 0 radical (unpaired) electrons. The summed E-state index contributed by atoms with van der Waals surface area (Å²) in [5, 5.41) is 0. The van der Waals surface area contributed by atoms with Crippen molar-refractivity contribution < 1.29 is 9.59 Å². The van der Waals surface area contributed by atoms with Crippen LogP contribution in [-0.2, 0) is 4.79 Å². The van der Waals surface area contributed by atoms with Gasteiger partial charge < -0.3 is 4.66 Å². The Hall–Kier alpha value is -1.17. The largest absolute Gasteiger partial charge is 0.332 e. The third-order valence-electron chi connectivity index (χ3n) is 1.83. The monoisotopic (exact) mass is 213 g/mol. The third-order valence-corrected chi connectivity index (χ3v) is 2.71. The molecule has 0 aromatic rings. The lowest BCUT2D eigenvalue weighted by molar-refractivity contribution is -0.119. The summed E-state index contributed by atoms with van der Waals surface area (Å²) in [5.74, 6) is -0.0309. The van der Waals surface area contributed by atoms with Gasteiger partial charge in [0.25, 0.3) is 5.91 Å². The molecular formula is C8H15N3O2Si. The number of nitrogens with zero attached hydrogens (tertiary/aromatic N) is 3. The first-order chi connectivity index (χ1) is 6.24. The van der Waals surface area contributed by atoms with Crippen LogP contribution in [0.5, 0.6) is 0 Å². The standard InChI is InChI=1S/C8H15N3O2Si/c1-10-6(9-14(3,4)5)7(12)11(2)8(10)13/h1-5H3/b9-6-. The van der Waals surface area contributed by atoms with Gasteiger partial charge >= 0.3 is 6.03 Å². The Bertz CT molecular complexity index is 319. The lowest BCUT2D eigenvalue weighted by Crippen LogP contribution is -2.31. The van der Waals surface area contributed by atoms with Crippen LogP contribution < -0.4 is 0 Å². The molecule has 14 heavy (non-hydrogen) atoms. The SMILES string of the molecule is CN1C(=O)/C(=N/[Si](C)(C)C)N(C)C1=O. The van der Waals surface area contributed by atoms with Crippen LogP contribution in [0.25, 0.3) is 0 Å². The molecule has 1 aliphatic heterocycles. The van der Waals surface area contributed by atoms with Gasteiger partial charge in [-0.2, -0.15) is 0 Å². The molecule has 1 fully saturated rings. The summed E-state index contributed by atoms with van der Waals surface area (Å²) in [4.78, 5) is 25.3. The van der Waals surface area contributed by atoms with E-state index in [2.05, 4.69) is 4.66 Å². The van der Waals surface area contributed by atoms with E-state index in [1.54, 1.807) is 7.05 Å². The summed E-state index contributed by atoms with van der Waals surface area (Å²) in [6.07, 6.45) is 0. The molecule has 1 aliphatic rings. The Morgan fingerprint density at radius 1 is 1.07 bits per heavy atom. The van der Waals surface area contributed by atoms with Gasteiger partial charge in [0.05, 0.1) is 0 Å². The zero-order valence-electron chi connectivity index (χ0n) is 9.16. The number of carbonyl (C=O) groups excluding carboxylic acids is 2. The fourth-order valence-electron chi connectivity index (χ4n) is 1.14. The number of amides is 3. The quantitative estimate of drug-likeness (QED) is 0.476. The molecule has 6 heteroatoms. The maximum Gasteiger partial charge on any atom is 0.332 e. The summed E-state index contributed by atoms with van der Waals surface area (Å²) in [7, 11) is 1.32. The van der Waals surface area contributed by atoms with Crippen molar-refractivity contribution in [1.82, 2.24) is 9.80 Å². The Kier molecular flexibility index (Phi) is 2.49. The Morgan fingerprint density at radius 3 is 1.86 bits per heavy atom. The number of hydrogen-bond donors (Lipinski definition) is 0. The minimum absolute atomic E-state index is 0.275. The molecular weight excluding hydrogens is 198 g/mol. The molecule has 1 heterocycles. The first-order valence-electron chi connectivity index (χ1n) is 4.39. The van der Waals surface area contributed by atoms with Gasteiger partial charge in [-0.1, -0.05) is 0 Å². The van der Waals surface area contributed by atoms with Crippen molar-refractivity contribution in [1.29, 1.82) is 0 Å². The van der Waals surface area contributed by atoms with E-state index in [0.29, 0.717) is 0 Å². The minimum atomic E-state index is -1.72. The average molecular weight is 213 g/mol. The zero-order valence-corrected chi connectivity index (χ0v) is 10.2. The Balaban J connectivity index is 3.08.